The largest absolute Gasteiger partial charge is 0.388 e. The zero-order chi connectivity index (χ0) is 8.39. The minimum Gasteiger partial charge on any atom is -0.388 e. The van der Waals surface area contributed by atoms with Crippen molar-refractivity contribution < 1.29 is 4.74 Å². The van der Waals surface area contributed by atoms with Crippen molar-refractivity contribution in [3.05, 3.63) is 29.6 Å². The molecule has 0 bridgehead atoms. The van der Waals surface area contributed by atoms with Gasteiger partial charge in [0.15, 0.2) is 0 Å². The molecule has 0 amide bonds. The van der Waals surface area contributed by atoms with Crippen LogP contribution in [0.3, 0.4) is 0 Å². The fraction of sp³-hybridized carbons (Fsp3) is 0. The maximum Gasteiger partial charge on any atom is 0.292 e. The van der Waals surface area contributed by atoms with Crippen molar-refractivity contribution in [2.75, 3.05) is 0 Å². The summed E-state index contributed by atoms with van der Waals surface area (Å²) in [6.07, 6.45) is 1.65. The first-order valence-corrected chi connectivity index (χ1v) is 4.31. The van der Waals surface area contributed by atoms with Gasteiger partial charge >= 0.3 is 0 Å². The third kappa shape index (κ3) is 1.13. The van der Waals surface area contributed by atoms with Crippen molar-refractivity contribution >= 4 is 21.4 Å². The molecule has 0 N–H and O–H groups in total. The number of nitriles is 1. The normalized spacial score (nSPS) is 9.58. The molecule has 2 rings (SSSR count). The van der Waals surface area contributed by atoms with Gasteiger partial charge in [0.05, 0.1) is 0 Å². The molecule has 0 spiro atoms. The van der Waals surface area contributed by atoms with Gasteiger partial charge < -0.3 is 4.74 Å². The minimum atomic E-state index is 0.604. The Bertz CT molecular complexity index is 441. The molecule has 2 aromatic rings. The van der Waals surface area contributed by atoms with E-state index in [-0.39, 0.29) is 0 Å². The lowest BCUT2D eigenvalue weighted by Gasteiger charge is -1.94. The highest BCUT2D eigenvalue weighted by Crippen LogP contribution is 2.25. The summed E-state index contributed by atoms with van der Waals surface area (Å²) in [4.78, 5) is 0. The quantitative estimate of drug-likeness (QED) is 0.624. The maximum atomic E-state index is 8.27. The predicted molar refractivity (Wildman–Crippen MR) is 48.1 cm³/mol. The molecule has 0 aliphatic carbocycles. The molecule has 0 saturated heterocycles. The summed E-state index contributed by atoms with van der Waals surface area (Å²) < 4.78 is 5.84. The molecule has 0 saturated carbocycles. The minimum absolute atomic E-state index is 0.604. The zero-order valence-corrected chi connectivity index (χ0v) is 6.97. The molecule has 0 atom stereocenters. The monoisotopic (exact) mass is 175 g/mol. The molecule has 1 aromatic heterocycles. The van der Waals surface area contributed by atoms with Crippen molar-refractivity contribution in [3.63, 3.8) is 0 Å². The lowest BCUT2D eigenvalue weighted by Crippen LogP contribution is -1.79. The molecule has 1 heterocycles. The van der Waals surface area contributed by atoms with E-state index in [2.05, 4.69) is 0 Å². The molecule has 0 aliphatic heterocycles. The fourth-order valence-electron chi connectivity index (χ4n) is 1.05. The molecular weight excluding hydrogens is 170 g/mol. The summed E-state index contributed by atoms with van der Waals surface area (Å²) in [7, 11) is 0. The van der Waals surface area contributed by atoms with E-state index in [0.29, 0.717) is 5.75 Å². The van der Waals surface area contributed by atoms with E-state index in [1.165, 1.54) is 5.39 Å². The second kappa shape index (κ2) is 2.84. The van der Waals surface area contributed by atoms with Crippen LogP contribution < -0.4 is 4.74 Å². The number of nitrogens with zero attached hydrogens (tertiary/aromatic N) is 1. The summed E-state index contributed by atoms with van der Waals surface area (Å²) in [5.41, 5.74) is 0. The van der Waals surface area contributed by atoms with Crippen molar-refractivity contribution in [2.45, 2.75) is 0 Å². The molecule has 3 heteroatoms. The second-order valence-electron chi connectivity index (χ2n) is 2.31. The highest BCUT2D eigenvalue weighted by atomic mass is 32.1. The van der Waals surface area contributed by atoms with Gasteiger partial charge in [-0.05, 0) is 35.0 Å². The number of hydrogen-bond donors (Lipinski definition) is 0. The van der Waals surface area contributed by atoms with Crippen LogP contribution in [0.1, 0.15) is 0 Å². The Balaban J connectivity index is 2.54. The highest BCUT2D eigenvalue weighted by molar-refractivity contribution is 7.17. The summed E-state index contributed by atoms with van der Waals surface area (Å²) in [5.74, 6) is 0.604. The Morgan fingerprint density at radius 2 is 2.25 bits per heavy atom. The van der Waals surface area contributed by atoms with Gasteiger partial charge in [0.25, 0.3) is 6.26 Å². The van der Waals surface area contributed by atoms with Crippen LogP contribution in [0.5, 0.6) is 5.75 Å². The smallest absolute Gasteiger partial charge is 0.292 e. The molecule has 1 aromatic carbocycles. The Kier molecular flexibility index (Phi) is 1.69. The van der Waals surface area contributed by atoms with Gasteiger partial charge in [-0.3, -0.25) is 0 Å². The lowest BCUT2D eigenvalue weighted by molar-refractivity contribution is 0.508. The van der Waals surface area contributed by atoms with Gasteiger partial charge in [0.1, 0.15) is 5.75 Å². The van der Waals surface area contributed by atoms with Crippen LogP contribution in [0, 0.1) is 11.5 Å². The molecule has 0 aliphatic rings. The van der Waals surface area contributed by atoms with Crippen LogP contribution in [0.15, 0.2) is 29.6 Å². The van der Waals surface area contributed by atoms with E-state index >= 15 is 0 Å². The first-order chi connectivity index (χ1) is 5.90. The van der Waals surface area contributed by atoms with E-state index in [1.54, 1.807) is 23.7 Å². The summed E-state index contributed by atoms with van der Waals surface area (Å²) in [6, 6.07) is 7.64. The number of rotatable bonds is 1. The third-order valence-electron chi connectivity index (χ3n) is 1.59. The van der Waals surface area contributed by atoms with Crippen LogP contribution in [-0.4, -0.2) is 0 Å². The third-order valence-corrected chi connectivity index (χ3v) is 2.47. The fourth-order valence-corrected chi connectivity index (χ4v) is 1.87. The van der Waals surface area contributed by atoms with Gasteiger partial charge in [-0.2, -0.15) is 0 Å². The number of hydrogen-bond acceptors (Lipinski definition) is 3. The van der Waals surface area contributed by atoms with Gasteiger partial charge in [-0.1, -0.05) is 0 Å². The van der Waals surface area contributed by atoms with E-state index in [1.807, 2.05) is 23.6 Å². The number of ether oxygens (including phenoxy) is 1. The Morgan fingerprint density at radius 3 is 3.08 bits per heavy atom. The Morgan fingerprint density at radius 1 is 1.33 bits per heavy atom. The van der Waals surface area contributed by atoms with Crippen molar-refractivity contribution in [1.29, 1.82) is 5.26 Å². The Labute approximate surface area is 73.6 Å². The van der Waals surface area contributed by atoms with Crippen LogP contribution in [0.25, 0.3) is 10.1 Å². The summed E-state index contributed by atoms with van der Waals surface area (Å²) in [6.45, 7) is 0. The van der Waals surface area contributed by atoms with Crippen LogP contribution in [-0.2, 0) is 0 Å². The van der Waals surface area contributed by atoms with E-state index in [9.17, 15) is 0 Å². The average Bonchev–Trinajstić information content (AvgIpc) is 2.51. The predicted octanol–water partition coefficient (Wildman–Crippen LogP) is 2.76. The van der Waals surface area contributed by atoms with Gasteiger partial charge in [0.2, 0.25) is 0 Å². The van der Waals surface area contributed by atoms with Crippen molar-refractivity contribution in [2.24, 2.45) is 0 Å². The SMILES string of the molecule is N#COc1ccc2ccsc2c1. The van der Waals surface area contributed by atoms with Crippen molar-refractivity contribution in [3.8, 4) is 12.0 Å². The van der Waals surface area contributed by atoms with Crippen LogP contribution >= 0.6 is 11.3 Å². The average molecular weight is 175 g/mol. The molecule has 2 nitrogen and oxygen atoms in total. The standard InChI is InChI=1S/C9H5NOS/c10-6-11-8-2-1-7-3-4-12-9(7)5-8/h1-5H. The van der Waals surface area contributed by atoms with E-state index in [0.717, 1.165) is 4.70 Å². The zero-order valence-electron chi connectivity index (χ0n) is 6.15. The topological polar surface area (TPSA) is 33.0 Å². The number of fused-ring (bicyclic) bond motifs is 1. The molecule has 0 fully saturated rings. The first-order valence-electron chi connectivity index (χ1n) is 3.43. The summed E-state index contributed by atoms with van der Waals surface area (Å²) >= 11 is 1.64. The maximum absolute atomic E-state index is 8.27. The lowest BCUT2D eigenvalue weighted by atomic mass is 10.2. The van der Waals surface area contributed by atoms with E-state index < -0.39 is 0 Å². The van der Waals surface area contributed by atoms with E-state index in [4.69, 9.17) is 10.00 Å². The molecule has 58 valence electrons. The van der Waals surface area contributed by atoms with Crippen molar-refractivity contribution in [1.82, 2.24) is 0 Å². The molecule has 0 unspecified atom stereocenters. The van der Waals surface area contributed by atoms with Gasteiger partial charge in [-0.15, -0.1) is 16.6 Å². The van der Waals surface area contributed by atoms with Crippen LogP contribution in [0.2, 0.25) is 0 Å². The van der Waals surface area contributed by atoms with Gasteiger partial charge in [-0.25, -0.2) is 0 Å². The second-order valence-corrected chi connectivity index (χ2v) is 3.26. The molecule has 0 radical (unpaired) electrons. The first kappa shape index (κ1) is 7.14. The van der Waals surface area contributed by atoms with Gasteiger partial charge in [0, 0.05) is 4.70 Å². The molecular formula is C9H5NOS. The Hall–Kier alpha value is -1.53. The number of thiophene rings is 1. The highest BCUT2D eigenvalue weighted by Gasteiger charge is 1.97. The van der Waals surface area contributed by atoms with Crippen LogP contribution in [0.4, 0.5) is 0 Å². The summed E-state index contributed by atoms with van der Waals surface area (Å²) in [5, 5.41) is 11.5. The number of benzene rings is 1. The molecule has 12 heavy (non-hydrogen) atoms.